The molecule has 1 aromatic carbocycles. The summed E-state index contributed by atoms with van der Waals surface area (Å²) in [5, 5.41) is 4.16. The van der Waals surface area contributed by atoms with E-state index in [2.05, 4.69) is 44.4 Å². The molecule has 0 saturated heterocycles. The Morgan fingerprint density at radius 2 is 1.94 bits per heavy atom. The van der Waals surface area contributed by atoms with Crippen molar-refractivity contribution < 1.29 is 0 Å². The second-order valence-corrected chi connectivity index (χ2v) is 4.07. The van der Waals surface area contributed by atoms with Crippen molar-refractivity contribution in [2.45, 2.75) is 11.9 Å². The van der Waals surface area contributed by atoms with E-state index in [-0.39, 0.29) is 0 Å². The first-order valence-electron chi connectivity index (χ1n) is 5.17. The van der Waals surface area contributed by atoms with Gasteiger partial charge in [0.1, 0.15) is 0 Å². The lowest BCUT2D eigenvalue weighted by molar-refractivity contribution is 1.12. The largest absolute Gasteiger partial charge is 0.381 e. The molecule has 0 spiro atoms. The van der Waals surface area contributed by atoms with Gasteiger partial charge in [-0.25, -0.2) is 0 Å². The van der Waals surface area contributed by atoms with Gasteiger partial charge < -0.3 is 5.32 Å². The summed E-state index contributed by atoms with van der Waals surface area (Å²) in [5.41, 5.74) is 3.42. The second kappa shape index (κ2) is 5.66. The van der Waals surface area contributed by atoms with Crippen molar-refractivity contribution >= 4 is 21.6 Å². The van der Waals surface area contributed by atoms with Gasteiger partial charge in [0.2, 0.25) is 0 Å². The van der Waals surface area contributed by atoms with Crippen molar-refractivity contribution in [2.75, 3.05) is 5.32 Å². The van der Waals surface area contributed by atoms with Crippen LogP contribution in [0, 0.1) is 0 Å². The van der Waals surface area contributed by atoms with Crippen LogP contribution in [0.4, 0.5) is 5.69 Å². The van der Waals surface area contributed by atoms with Gasteiger partial charge in [-0.2, -0.15) is 0 Å². The Labute approximate surface area is 104 Å². The van der Waals surface area contributed by atoms with E-state index in [9.17, 15) is 0 Å². The fourth-order valence-electron chi connectivity index (χ4n) is 1.46. The third-order valence-corrected chi connectivity index (χ3v) is 2.87. The third kappa shape index (κ3) is 3.07. The standard InChI is InChI=1S/C13H13BrN2/c14-9-13-8-12(6-7-15-13)16-10-11-4-2-1-3-5-11/h1-8H,9-10H2,(H,15,16). The van der Waals surface area contributed by atoms with Crippen LogP contribution in [-0.4, -0.2) is 4.98 Å². The van der Waals surface area contributed by atoms with Crippen molar-refractivity contribution in [2.24, 2.45) is 0 Å². The van der Waals surface area contributed by atoms with Crippen LogP contribution in [-0.2, 0) is 11.9 Å². The topological polar surface area (TPSA) is 24.9 Å². The number of pyridine rings is 1. The van der Waals surface area contributed by atoms with E-state index in [1.807, 2.05) is 30.5 Å². The fourth-order valence-corrected chi connectivity index (χ4v) is 1.77. The lowest BCUT2D eigenvalue weighted by Gasteiger charge is -2.07. The molecule has 1 heterocycles. The highest BCUT2D eigenvalue weighted by atomic mass is 79.9. The van der Waals surface area contributed by atoms with Gasteiger partial charge in [-0.05, 0) is 17.7 Å². The molecule has 0 bridgehead atoms. The SMILES string of the molecule is BrCc1cc(NCc2ccccc2)ccn1. The summed E-state index contributed by atoms with van der Waals surface area (Å²) in [6.07, 6.45) is 1.82. The van der Waals surface area contributed by atoms with Gasteiger partial charge in [0.05, 0.1) is 5.69 Å². The summed E-state index contributed by atoms with van der Waals surface area (Å²) in [5.74, 6) is 0. The summed E-state index contributed by atoms with van der Waals surface area (Å²) in [7, 11) is 0. The van der Waals surface area contributed by atoms with Gasteiger partial charge in [-0.1, -0.05) is 46.3 Å². The van der Waals surface area contributed by atoms with Crippen molar-refractivity contribution in [3.8, 4) is 0 Å². The monoisotopic (exact) mass is 276 g/mol. The first-order valence-corrected chi connectivity index (χ1v) is 6.29. The maximum Gasteiger partial charge on any atom is 0.0529 e. The average molecular weight is 277 g/mol. The van der Waals surface area contributed by atoms with Crippen LogP contribution in [0.3, 0.4) is 0 Å². The van der Waals surface area contributed by atoms with Crippen molar-refractivity contribution in [3.05, 3.63) is 59.9 Å². The quantitative estimate of drug-likeness (QED) is 0.864. The van der Waals surface area contributed by atoms with Gasteiger partial charge in [0, 0.05) is 23.8 Å². The van der Waals surface area contributed by atoms with Gasteiger partial charge in [0.15, 0.2) is 0 Å². The van der Waals surface area contributed by atoms with Crippen LogP contribution >= 0.6 is 15.9 Å². The van der Waals surface area contributed by atoms with Crippen molar-refractivity contribution in [1.29, 1.82) is 0 Å². The molecule has 0 radical (unpaired) electrons. The smallest absolute Gasteiger partial charge is 0.0529 e. The Kier molecular flexibility index (Phi) is 3.94. The minimum Gasteiger partial charge on any atom is -0.381 e. The Morgan fingerprint density at radius 1 is 1.12 bits per heavy atom. The first-order chi connectivity index (χ1) is 7.88. The number of anilines is 1. The number of benzene rings is 1. The van der Waals surface area contributed by atoms with Crippen LogP contribution in [0.25, 0.3) is 0 Å². The molecule has 1 N–H and O–H groups in total. The molecule has 0 fully saturated rings. The van der Waals surface area contributed by atoms with Gasteiger partial charge >= 0.3 is 0 Å². The van der Waals surface area contributed by atoms with Crippen LogP contribution in [0.5, 0.6) is 0 Å². The predicted octanol–water partition coefficient (Wildman–Crippen LogP) is 3.59. The molecule has 2 rings (SSSR count). The van der Waals surface area contributed by atoms with Crippen LogP contribution in [0.1, 0.15) is 11.3 Å². The average Bonchev–Trinajstić information content (AvgIpc) is 2.38. The van der Waals surface area contributed by atoms with E-state index >= 15 is 0 Å². The molecule has 0 aliphatic heterocycles. The van der Waals surface area contributed by atoms with Gasteiger partial charge in [0.25, 0.3) is 0 Å². The lowest BCUT2D eigenvalue weighted by Crippen LogP contribution is -1.99. The molecule has 0 unspecified atom stereocenters. The minimum atomic E-state index is 0.786. The molecule has 0 aliphatic rings. The Morgan fingerprint density at radius 3 is 2.69 bits per heavy atom. The normalized spacial score (nSPS) is 10.1. The number of halogens is 1. The van der Waals surface area contributed by atoms with E-state index in [1.165, 1.54) is 5.56 Å². The van der Waals surface area contributed by atoms with E-state index < -0.39 is 0 Å². The third-order valence-electron chi connectivity index (χ3n) is 2.29. The molecule has 0 saturated carbocycles. The summed E-state index contributed by atoms with van der Waals surface area (Å²) >= 11 is 3.40. The number of nitrogens with zero attached hydrogens (tertiary/aromatic N) is 1. The number of hydrogen-bond acceptors (Lipinski definition) is 2. The molecule has 16 heavy (non-hydrogen) atoms. The molecule has 1 aromatic heterocycles. The maximum absolute atomic E-state index is 4.23. The number of alkyl halides is 1. The van der Waals surface area contributed by atoms with Crippen LogP contribution < -0.4 is 5.32 Å². The fraction of sp³-hybridized carbons (Fsp3) is 0.154. The highest BCUT2D eigenvalue weighted by Crippen LogP contribution is 2.11. The molecule has 2 nitrogen and oxygen atoms in total. The molecule has 0 amide bonds. The number of rotatable bonds is 4. The Hall–Kier alpha value is -1.35. The number of nitrogens with one attached hydrogen (secondary N) is 1. The van der Waals surface area contributed by atoms with E-state index in [4.69, 9.17) is 0 Å². The molecular formula is C13H13BrN2. The van der Waals surface area contributed by atoms with Crippen LogP contribution in [0.15, 0.2) is 48.7 Å². The summed E-state index contributed by atoms with van der Waals surface area (Å²) in [4.78, 5) is 4.23. The van der Waals surface area contributed by atoms with Crippen molar-refractivity contribution in [1.82, 2.24) is 4.98 Å². The molecule has 0 aliphatic carbocycles. The zero-order chi connectivity index (χ0) is 11.2. The van der Waals surface area contributed by atoms with Crippen LogP contribution in [0.2, 0.25) is 0 Å². The highest BCUT2D eigenvalue weighted by Gasteiger charge is 1.96. The van der Waals surface area contributed by atoms with Crippen molar-refractivity contribution in [3.63, 3.8) is 0 Å². The summed E-state index contributed by atoms with van der Waals surface area (Å²) < 4.78 is 0. The maximum atomic E-state index is 4.23. The molecule has 82 valence electrons. The molecular weight excluding hydrogens is 264 g/mol. The van der Waals surface area contributed by atoms with E-state index in [1.54, 1.807) is 0 Å². The number of hydrogen-bond donors (Lipinski definition) is 1. The lowest BCUT2D eigenvalue weighted by atomic mass is 10.2. The summed E-state index contributed by atoms with van der Waals surface area (Å²) in [6.45, 7) is 0.840. The van der Waals surface area contributed by atoms with Gasteiger partial charge in [-0.3, -0.25) is 4.98 Å². The second-order valence-electron chi connectivity index (χ2n) is 3.51. The van der Waals surface area contributed by atoms with E-state index in [0.717, 1.165) is 23.3 Å². The Balaban J connectivity index is 1.99. The molecule has 2 aromatic rings. The predicted molar refractivity (Wildman–Crippen MR) is 70.6 cm³/mol. The highest BCUT2D eigenvalue weighted by molar-refractivity contribution is 9.08. The first kappa shape index (κ1) is 11.1. The van der Waals surface area contributed by atoms with Gasteiger partial charge in [-0.15, -0.1) is 0 Å². The Bertz CT molecular complexity index is 443. The molecule has 3 heteroatoms. The zero-order valence-electron chi connectivity index (χ0n) is 8.86. The minimum absolute atomic E-state index is 0.786. The number of aromatic nitrogens is 1. The summed E-state index contributed by atoms with van der Waals surface area (Å²) in [6, 6.07) is 14.4. The zero-order valence-corrected chi connectivity index (χ0v) is 10.4. The molecule has 0 atom stereocenters. The van der Waals surface area contributed by atoms with E-state index in [0.29, 0.717) is 0 Å².